The number of carboxylic acid groups (broad SMARTS) is 1. The summed E-state index contributed by atoms with van der Waals surface area (Å²) in [6.07, 6.45) is -3.56. The highest BCUT2D eigenvalue weighted by Gasteiger charge is 2.43. The Bertz CT molecular complexity index is 974. The van der Waals surface area contributed by atoms with Gasteiger partial charge in [-0.3, -0.25) is 4.79 Å². The van der Waals surface area contributed by atoms with E-state index in [0.29, 0.717) is 11.4 Å². The number of aliphatic hydroxyl groups excluding tert-OH is 3. The van der Waals surface area contributed by atoms with Crippen molar-refractivity contribution in [3.63, 3.8) is 0 Å². The van der Waals surface area contributed by atoms with Crippen LogP contribution >= 0.6 is 0 Å². The number of nitrogens with one attached hydrogen (secondary N) is 1. The summed E-state index contributed by atoms with van der Waals surface area (Å²) < 4.78 is 6.55. The van der Waals surface area contributed by atoms with Crippen LogP contribution in [-0.4, -0.2) is 77.8 Å². The Morgan fingerprint density at radius 2 is 1.97 bits per heavy atom. The van der Waals surface area contributed by atoms with Gasteiger partial charge in [0.15, 0.2) is 6.10 Å². The summed E-state index contributed by atoms with van der Waals surface area (Å²) in [5.41, 5.74) is 7.51. The van der Waals surface area contributed by atoms with Crippen LogP contribution in [0.4, 0.5) is 5.69 Å². The van der Waals surface area contributed by atoms with Crippen LogP contribution in [0.15, 0.2) is 42.3 Å². The van der Waals surface area contributed by atoms with Crippen LogP contribution in [-0.2, 0) is 20.9 Å². The number of hydrogen-bond acceptors (Lipinski definition) is 9. The van der Waals surface area contributed by atoms with Gasteiger partial charge in [0, 0.05) is 18.2 Å². The van der Waals surface area contributed by atoms with Crippen molar-refractivity contribution in [2.24, 2.45) is 0 Å². The van der Waals surface area contributed by atoms with E-state index >= 15 is 0 Å². The van der Waals surface area contributed by atoms with Crippen LogP contribution in [0.2, 0.25) is 0 Å². The molecule has 166 valence electrons. The number of nitrogen functional groups attached to an aromatic ring is 1. The molecule has 0 bridgehead atoms. The minimum absolute atomic E-state index is 0.210. The van der Waals surface area contributed by atoms with E-state index < -0.39 is 48.1 Å². The fourth-order valence-electron chi connectivity index (χ4n) is 3.21. The van der Waals surface area contributed by atoms with Gasteiger partial charge in [0.05, 0.1) is 18.8 Å². The summed E-state index contributed by atoms with van der Waals surface area (Å²) in [5, 5.41) is 50.8. The third kappa shape index (κ3) is 5.17. The lowest BCUT2D eigenvalue weighted by molar-refractivity contribution is -0.148. The number of carbonyl (C=O) groups excluding carboxylic acids is 1. The fraction of sp³-hybridized carbons (Fsp3) is 0.368. The molecule has 0 saturated heterocycles. The first-order valence-corrected chi connectivity index (χ1v) is 9.35. The zero-order valence-electron chi connectivity index (χ0n) is 16.5. The topological polar surface area (TPSA) is 193 Å². The summed E-state index contributed by atoms with van der Waals surface area (Å²) in [4.78, 5) is 22.7. The van der Waals surface area contributed by atoms with E-state index in [-0.39, 0.29) is 6.54 Å². The lowest BCUT2D eigenvalue weighted by atomic mass is 9.93. The first kappa shape index (κ1) is 22.2. The molecular formula is C19H23N5O7. The number of nitrogens with zero attached hydrogens (tertiary/aromatic N) is 3. The van der Waals surface area contributed by atoms with Gasteiger partial charge in [-0.15, -0.1) is 5.10 Å². The van der Waals surface area contributed by atoms with Crippen LogP contribution in [0.3, 0.4) is 0 Å². The molecule has 0 saturated carbocycles. The van der Waals surface area contributed by atoms with Gasteiger partial charge in [0.1, 0.15) is 24.0 Å². The number of amides is 1. The molecule has 1 aromatic heterocycles. The Kier molecular flexibility index (Phi) is 6.53. The van der Waals surface area contributed by atoms with E-state index in [1.54, 1.807) is 30.5 Å². The molecule has 12 heteroatoms. The van der Waals surface area contributed by atoms with Gasteiger partial charge in [-0.1, -0.05) is 17.3 Å². The molecule has 12 nitrogen and oxygen atoms in total. The molecule has 1 aliphatic heterocycles. The van der Waals surface area contributed by atoms with Crippen molar-refractivity contribution in [3.05, 3.63) is 42.3 Å². The Labute approximate surface area is 176 Å². The number of anilines is 1. The maximum absolute atomic E-state index is 11.5. The number of aromatic nitrogens is 3. The number of benzene rings is 1. The van der Waals surface area contributed by atoms with Gasteiger partial charge in [-0.25, -0.2) is 9.48 Å². The third-order valence-corrected chi connectivity index (χ3v) is 4.74. The predicted octanol–water partition coefficient (Wildman–Crippen LogP) is -1.52. The molecule has 2 heterocycles. The predicted molar refractivity (Wildman–Crippen MR) is 106 cm³/mol. The molecular weight excluding hydrogens is 410 g/mol. The van der Waals surface area contributed by atoms with Crippen LogP contribution in [0.1, 0.15) is 6.92 Å². The van der Waals surface area contributed by atoms with Crippen molar-refractivity contribution in [1.29, 1.82) is 0 Å². The molecule has 31 heavy (non-hydrogen) atoms. The summed E-state index contributed by atoms with van der Waals surface area (Å²) in [6, 6.07) is 5.74. The number of rotatable bonds is 7. The molecule has 0 unspecified atom stereocenters. The molecule has 0 fully saturated rings. The SMILES string of the molecule is CC(=O)N[C@H]1[C@H]([C@H](O)[C@H](O)Cn2cc(-c3ccc(N)cc3)nn2)OC(C(=O)O)=C[C@@H]1O. The third-order valence-electron chi connectivity index (χ3n) is 4.74. The monoisotopic (exact) mass is 433 g/mol. The fourth-order valence-corrected chi connectivity index (χ4v) is 3.21. The van der Waals surface area contributed by atoms with Crippen LogP contribution < -0.4 is 11.1 Å². The van der Waals surface area contributed by atoms with Crippen molar-refractivity contribution in [2.75, 3.05) is 5.73 Å². The molecule has 1 aromatic carbocycles. The summed E-state index contributed by atoms with van der Waals surface area (Å²) >= 11 is 0. The highest BCUT2D eigenvalue weighted by Crippen LogP contribution is 2.24. The van der Waals surface area contributed by atoms with E-state index in [1.807, 2.05) is 0 Å². The summed E-state index contributed by atoms with van der Waals surface area (Å²) in [5.74, 6) is -2.59. The van der Waals surface area contributed by atoms with E-state index in [9.17, 15) is 24.9 Å². The normalized spacial score (nSPS) is 22.7. The highest BCUT2D eigenvalue weighted by molar-refractivity contribution is 5.84. The second kappa shape index (κ2) is 9.12. The Hall–Kier alpha value is -3.48. The van der Waals surface area contributed by atoms with Crippen molar-refractivity contribution < 1.29 is 34.8 Å². The molecule has 1 amide bonds. The quantitative estimate of drug-likeness (QED) is 0.279. The number of nitrogens with two attached hydrogens (primary N) is 1. The minimum Gasteiger partial charge on any atom is -0.478 e. The smallest absolute Gasteiger partial charge is 0.370 e. The lowest BCUT2D eigenvalue weighted by Crippen LogP contribution is -2.59. The lowest BCUT2D eigenvalue weighted by Gasteiger charge is -2.38. The molecule has 0 aliphatic carbocycles. The van der Waals surface area contributed by atoms with Gasteiger partial charge in [-0.2, -0.15) is 0 Å². The number of aliphatic hydroxyl groups is 3. The summed E-state index contributed by atoms with van der Waals surface area (Å²) in [7, 11) is 0. The number of ether oxygens (including phenoxy) is 1. The second-order valence-electron chi connectivity index (χ2n) is 7.14. The van der Waals surface area contributed by atoms with E-state index in [0.717, 1.165) is 11.6 Å². The molecule has 5 atom stereocenters. The summed E-state index contributed by atoms with van der Waals surface area (Å²) in [6.45, 7) is 0.981. The number of aliphatic carboxylic acids is 1. The average molecular weight is 433 g/mol. The maximum Gasteiger partial charge on any atom is 0.370 e. The molecule has 0 spiro atoms. The van der Waals surface area contributed by atoms with Crippen molar-refractivity contribution in [2.45, 2.75) is 43.9 Å². The van der Waals surface area contributed by atoms with Crippen LogP contribution in [0.5, 0.6) is 0 Å². The van der Waals surface area contributed by atoms with Gasteiger partial charge in [-0.05, 0) is 18.2 Å². The molecule has 1 aliphatic rings. The van der Waals surface area contributed by atoms with E-state index in [1.165, 1.54) is 11.6 Å². The van der Waals surface area contributed by atoms with Crippen LogP contribution in [0, 0.1) is 0 Å². The standard InChI is InChI=1S/C19H23N5O7/c1-9(25)21-16-13(26)6-15(19(29)30)31-18(16)17(28)14(27)8-24-7-12(22-23-24)10-2-4-11(20)5-3-10/h2-7,13-14,16-18,26-28H,8,20H2,1H3,(H,21,25)(H,29,30)/t13-,14+,16+,17+,18+/m0/s1. The molecule has 3 rings (SSSR count). The van der Waals surface area contributed by atoms with Crippen LogP contribution in [0.25, 0.3) is 11.3 Å². The first-order valence-electron chi connectivity index (χ1n) is 9.35. The number of hydrogen-bond donors (Lipinski definition) is 6. The highest BCUT2D eigenvalue weighted by atomic mass is 16.5. The van der Waals surface area contributed by atoms with Crippen molar-refractivity contribution in [1.82, 2.24) is 20.3 Å². The Morgan fingerprint density at radius 3 is 2.58 bits per heavy atom. The molecule has 2 aromatic rings. The molecule has 7 N–H and O–H groups in total. The largest absolute Gasteiger partial charge is 0.478 e. The van der Waals surface area contributed by atoms with E-state index in [2.05, 4.69) is 15.6 Å². The maximum atomic E-state index is 11.5. The zero-order valence-corrected chi connectivity index (χ0v) is 16.5. The van der Waals surface area contributed by atoms with Gasteiger partial charge < -0.3 is 36.2 Å². The second-order valence-corrected chi connectivity index (χ2v) is 7.14. The average Bonchev–Trinajstić information content (AvgIpc) is 3.17. The zero-order chi connectivity index (χ0) is 22.7. The van der Waals surface area contributed by atoms with Crippen molar-refractivity contribution in [3.8, 4) is 11.3 Å². The minimum atomic E-state index is -1.67. The first-order chi connectivity index (χ1) is 14.7. The van der Waals surface area contributed by atoms with Gasteiger partial charge in [0.2, 0.25) is 11.7 Å². The van der Waals surface area contributed by atoms with Crippen molar-refractivity contribution >= 4 is 17.6 Å². The van der Waals surface area contributed by atoms with Gasteiger partial charge in [0.25, 0.3) is 0 Å². The van der Waals surface area contributed by atoms with E-state index in [4.69, 9.17) is 15.6 Å². The molecule has 0 radical (unpaired) electrons. The number of carbonyl (C=O) groups is 2. The number of carboxylic acids is 1. The van der Waals surface area contributed by atoms with Gasteiger partial charge >= 0.3 is 5.97 Å². The Morgan fingerprint density at radius 1 is 1.29 bits per heavy atom. The Balaban J connectivity index is 1.75.